The summed E-state index contributed by atoms with van der Waals surface area (Å²) in [7, 11) is 0. The topological polar surface area (TPSA) is 34.1 Å². The number of rotatable bonds is 3. The number of carbonyl (C=O) groups excluding carboxylic acids is 2. The molecular formula is C56H66Cl4F8O2. The van der Waals surface area contributed by atoms with Crippen molar-refractivity contribution in [1.29, 1.82) is 0 Å². The Kier molecular flexibility index (Phi) is 23.0. The molecule has 0 atom stereocenters. The minimum atomic E-state index is -2.69. The fourth-order valence-corrected chi connectivity index (χ4v) is 7.81. The maximum Gasteiger partial charge on any atom is 0.264 e. The molecule has 0 spiro atoms. The Morgan fingerprint density at radius 1 is 0.429 bits per heavy atom. The zero-order valence-electron chi connectivity index (χ0n) is 43.3. The fraction of sp³-hybridized carbons (Fsp3) is 0.429. The van der Waals surface area contributed by atoms with Crippen LogP contribution in [0.15, 0.2) is 66.7 Å². The van der Waals surface area contributed by atoms with Crippen LogP contribution in [0.1, 0.15) is 184 Å². The van der Waals surface area contributed by atoms with Crippen LogP contribution in [0.5, 0.6) is 0 Å². The number of hydrogen-bond acceptors (Lipinski definition) is 2. The van der Waals surface area contributed by atoms with Crippen molar-refractivity contribution < 1.29 is 44.7 Å². The number of Topliss-reactive ketones (excluding diaryl/α,β-unsaturated/α-hetero) is 2. The van der Waals surface area contributed by atoms with Crippen LogP contribution in [0.4, 0.5) is 35.1 Å². The highest BCUT2D eigenvalue weighted by molar-refractivity contribution is 6.31. The van der Waals surface area contributed by atoms with Crippen molar-refractivity contribution in [3.63, 3.8) is 0 Å². The van der Waals surface area contributed by atoms with Crippen LogP contribution < -0.4 is 0 Å². The summed E-state index contributed by atoms with van der Waals surface area (Å²) < 4.78 is 106. The molecule has 0 amide bonds. The summed E-state index contributed by atoms with van der Waals surface area (Å²) in [6.45, 7) is 32.1. The van der Waals surface area contributed by atoms with E-state index in [0.29, 0.717) is 21.7 Å². The van der Waals surface area contributed by atoms with Gasteiger partial charge in [0.25, 0.3) is 6.43 Å². The molecule has 5 aromatic carbocycles. The number of halogens is 12. The van der Waals surface area contributed by atoms with E-state index in [-0.39, 0.29) is 54.3 Å². The SMILES string of the molecule is CC(=O)c1ccc(Cl)c(F)c1C(C)(C)C.CC(=O)c1ccc(Cl)cc1C(C)(C)C.CC(C)(C)c1c(C(F)F)ccc(Cl)c1F.CC(C)(C)c1c(F)ccc(Cl)c1F.Cc1cc(F)c(C(C)(C)C)c(F)c1. The predicted molar refractivity (Wildman–Crippen MR) is 275 cm³/mol. The Bertz CT molecular complexity index is 2600. The van der Waals surface area contributed by atoms with Crippen LogP contribution in [0, 0.1) is 41.8 Å². The van der Waals surface area contributed by atoms with Gasteiger partial charge in [-0.3, -0.25) is 9.59 Å². The van der Waals surface area contributed by atoms with Gasteiger partial charge in [0.2, 0.25) is 0 Å². The molecule has 14 heteroatoms. The third-order valence-electron chi connectivity index (χ3n) is 10.2. The second-order valence-electron chi connectivity index (χ2n) is 21.8. The van der Waals surface area contributed by atoms with Crippen molar-refractivity contribution in [2.45, 2.75) is 158 Å². The summed E-state index contributed by atoms with van der Waals surface area (Å²) >= 11 is 22.8. The van der Waals surface area contributed by atoms with Crippen molar-refractivity contribution in [3.05, 3.63) is 172 Å². The molecule has 5 rings (SSSR count). The highest BCUT2D eigenvalue weighted by Crippen LogP contribution is 2.38. The van der Waals surface area contributed by atoms with E-state index in [1.807, 2.05) is 26.8 Å². The van der Waals surface area contributed by atoms with Crippen molar-refractivity contribution in [3.8, 4) is 0 Å². The molecule has 0 heterocycles. The van der Waals surface area contributed by atoms with Gasteiger partial charge in [0.1, 0.15) is 34.9 Å². The van der Waals surface area contributed by atoms with E-state index in [1.165, 1.54) is 43.3 Å². The molecule has 0 aliphatic heterocycles. The van der Waals surface area contributed by atoms with E-state index in [9.17, 15) is 44.7 Å². The first-order valence-corrected chi connectivity index (χ1v) is 23.7. The molecule has 0 aliphatic rings. The number of benzene rings is 5. The van der Waals surface area contributed by atoms with Gasteiger partial charge in [-0.25, -0.2) is 35.1 Å². The smallest absolute Gasteiger partial charge is 0.264 e. The average molecular weight is 1060 g/mol. The molecular weight excluding hydrogens is 998 g/mol. The first-order chi connectivity index (χ1) is 31.5. The molecule has 0 bridgehead atoms. The minimum absolute atomic E-state index is 0.00926. The maximum atomic E-state index is 13.8. The van der Waals surface area contributed by atoms with Crippen LogP contribution in [0.3, 0.4) is 0 Å². The number of carbonyl (C=O) groups is 2. The zero-order chi connectivity index (χ0) is 55.0. The summed E-state index contributed by atoms with van der Waals surface area (Å²) in [6.07, 6.45) is -2.69. The average Bonchev–Trinajstić information content (AvgIpc) is 3.16. The van der Waals surface area contributed by atoms with Crippen LogP contribution >= 0.6 is 46.4 Å². The highest BCUT2D eigenvalue weighted by atomic mass is 35.5. The van der Waals surface area contributed by atoms with Gasteiger partial charge in [-0.1, -0.05) is 156 Å². The molecule has 0 saturated heterocycles. The van der Waals surface area contributed by atoms with E-state index in [2.05, 4.69) is 20.8 Å². The molecule has 5 aromatic rings. The van der Waals surface area contributed by atoms with Gasteiger partial charge in [-0.15, -0.1) is 0 Å². The Morgan fingerprint density at radius 2 is 0.786 bits per heavy atom. The summed E-state index contributed by atoms with van der Waals surface area (Å²) in [5.74, 6) is -3.40. The Labute approximate surface area is 430 Å². The van der Waals surface area contributed by atoms with Gasteiger partial charge >= 0.3 is 0 Å². The molecule has 2 nitrogen and oxygen atoms in total. The lowest BCUT2D eigenvalue weighted by Crippen LogP contribution is -2.18. The van der Waals surface area contributed by atoms with Gasteiger partial charge in [-0.2, -0.15) is 0 Å². The lowest BCUT2D eigenvalue weighted by atomic mass is 9.82. The van der Waals surface area contributed by atoms with Crippen molar-refractivity contribution >= 4 is 58.0 Å². The Hall–Kier alpha value is -3.96. The second-order valence-corrected chi connectivity index (χ2v) is 23.4. The van der Waals surface area contributed by atoms with Gasteiger partial charge < -0.3 is 0 Å². The molecule has 0 saturated carbocycles. The maximum absolute atomic E-state index is 13.8. The number of hydrogen-bond donors (Lipinski definition) is 0. The second kappa shape index (κ2) is 25.1. The molecule has 0 fully saturated rings. The van der Waals surface area contributed by atoms with Crippen LogP contribution in [-0.2, 0) is 27.1 Å². The van der Waals surface area contributed by atoms with Crippen LogP contribution in [0.2, 0.25) is 20.1 Å². The molecule has 70 heavy (non-hydrogen) atoms. The molecule has 0 aliphatic carbocycles. The molecule has 0 N–H and O–H groups in total. The summed E-state index contributed by atoms with van der Waals surface area (Å²) in [5.41, 5.74) is 0.866. The molecule has 0 radical (unpaired) electrons. The summed E-state index contributed by atoms with van der Waals surface area (Å²) in [6, 6.07) is 15.9. The van der Waals surface area contributed by atoms with Crippen LogP contribution in [0.25, 0.3) is 0 Å². The van der Waals surface area contributed by atoms with E-state index in [4.69, 9.17) is 46.4 Å². The monoisotopic (exact) mass is 1060 g/mol. The van der Waals surface area contributed by atoms with E-state index in [1.54, 1.807) is 94.4 Å². The Morgan fingerprint density at radius 3 is 1.14 bits per heavy atom. The summed E-state index contributed by atoms with van der Waals surface area (Å²) in [4.78, 5) is 22.7. The van der Waals surface area contributed by atoms with Gasteiger partial charge in [0.15, 0.2) is 11.6 Å². The molecule has 0 unspecified atom stereocenters. The van der Waals surface area contributed by atoms with Crippen LogP contribution in [-0.4, -0.2) is 11.6 Å². The van der Waals surface area contributed by atoms with E-state index in [0.717, 1.165) is 17.2 Å². The number of ketones is 2. The number of aryl methyl sites for hydroxylation is 1. The van der Waals surface area contributed by atoms with E-state index >= 15 is 0 Å². The lowest BCUT2D eigenvalue weighted by Gasteiger charge is -2.23. The van der Waals surface area contributed by atoms with Gasteiger partial charge in [0, 0.05) is 44.0 Å². The first-order valence-electron chi connectivity index (χ1n) is 22.1. The third kappa shape index (κ3) is 18.3. The zero-order valence-corrected chi connectivity index (χ0v) is 46.3. The first kappa shape index (κ1) is 64.1. The minimum Gasteiger partial charge on any atom is -0.295 e. The van der Waals surface area contributed by atoms with Crippen molar-refractivity contribution in [1.82, 2.24) is 0 Å². The molecule has 386 valence electrons. The van der Waals surface area contributed by atoms with Crippen molar-refractivity contribution in [2.75, 3.05) is 0 Å². The fourth-order valence-electron chi connectivity index (χ4n) is 7.16. The van der Waals surface area contributed by atoms with Crippen molar-refractivity contribution in [2.24, 2.45) is 0 Å². The largest absolute Gasteiger partial charge is 0.295 e. The van der Waals surface area contributed by atoms with Gasteiger partial charge in [0.05, 0.1) is 15.1 Å². The number of alkyl halides is 2. The molecule has 0 aromatic heterocycles. The quantitative estimate of drug-likeness (QED) is 0.103. The highest BCUT2D eigenvalue weighted by Gasteiger charge is 2.29. The summed E-state index contributed by atoms with van der Waals surface area (Å²) in [5, 5.41) is 0.584. The lowest BCUT2D eigenvalue weighted by molar-refractivity contribution is 0.100. The predicted octanol–water partition coefficient (Wildman–Crippen LogP) is 20.0. The normalized spacial score (nSPS) is 11.8. The van der Waals surface area contributed by atoms with Gasteiger partial charge in [-0.05, 0) is 120 Å². The standard InChI is InChI=1S/C12H14ClFO.C12H15ClO.C11H12ClF3.C11H14F2.C10H11ClF2/c1-7(15)8-5-6-9(13)11(14)10(8)12(2,3)4;1-8(14)10-6-5-9(13)7-11(10)12(2,3)4;1-11(2,3)8-6(10(14)15)4-5-7(12)9(8)13;1-7-5-8(12)10(9(13)6-7)11(2,3)4;1-10(2,3)8-7(12)5-4-6(11)9(8)13/h5-6H,1-4H3;5-7H,1-4H3;4-5,10H,1-3H3;5-6H,1-4H3;4-5H,1-3H3. The third-order valence-corrected chi connectivity index (χ3v) is 11.3. The van der Waals surface area contributed by atoms with E-state index < -0.39 is 63.0 Å². The Balaban J connectivity index is 0.000000438.